The molecule has 0 amide bonds. The van der Waals surface area contributed by atoms with Crippen molar-refractivity contribution in [2.24, 2.45) is 0 Å². The van der Waals surface area contributed by atoms with Crippen molar-refractivity contribution in [3.05, 3.63) is 47.3 Å². The van der Waals surface area contributed by atoms with Crippen LogP contribution in [0.5, 0.6) is 0 Å². The number of hydrogen-bond donors (Lipinski definition) is 1. The first-order valence-corrected chi connectivity index (χ1v) is 7.72. The molecule has 108 valence electrons. The molecule has 4 heteroatoms. The first kappa shape index (κ1) is 12.6. The summed E-state index contributed by atoms with van der Waals surface area (Å²) < 4.78 is 0. The highest BCUT2D eigenvalue weighted by Crippen LogP contribution is 2.39. The summed E-state index contributed by atoms with van der Waals surface area (Å²) in [7, 11) is 1.92. The average molecular weight is 280 g/mol. The van der Waals surface area contributed by atoms with E-state index in [4.69, 9.17) is 4.98 Å². The second-order valence-corrected chi connectivity index (χ2v) is 5.93. The van der Waals surface area contributed by atoms with Gasteiger partial charge in [0.15, 0.2) is 0 Å². The predicted molar refractivity (Wildman–Crippen MR) is 84.7 cm³/mol. The number of benzene rings is 1. The van der Waals surface area contributed by atoms with Gasteiger partial charge in [0.1, 0.15) is 17.5 Å². The Morgan fingerprint density at radius 3 is 2.71 bits per heavy atom. The predicted octanol–water partition coefficient (Wildman–Crippen LogP) is 2.96. The van der Waals surface area contributed by atoms with E-state index in [0.29, 0.717) is 5.92 Å². The Labute approximate surface area is 125 Å². The molecule has 1 N–H and O–H groups in total. The van der Waals surface area contributed by atoms with Gasteiger partial charge in [0.25, 0.3) is 0 Å². The smallest absolute Gasteiger partial charge is 0.136 e. The fourth-order valence-electron chi connectivity index (χ4n) is 2.96. The van der Waals surface area contributed by atoms with Gasteiger partial charge in [0.05, 0.1) is 0 Å². The van der Waals surface area contributed by atoms with E-state index in [2.05, 4.69) is 45.5 Å². The van der Waals surface area contributed by atoms with Gasteiger partial charge in [-0.25, -0.2) is 9.97 Å². The molecule has 0 atom stereocenters. The van der Waals surface area contributed by atoms with E-state index in [0.717, 1.165) is 37.0 Å². The molecule has 1 saturated carbocycles. The monoisotopic (exact) mass is 280 g/mol. The molecule has 4 nitrogen and oxygen atoms in total. The minimum Gasteiger partial charge on any atom is -0.373 e. The molecule has 21 heavy (non-hydrogen) atoms. The molecule has 0 spiro atoms. The van der Waals surface area contributed by atoms with E-state index in [1.165, 1.54) is 24.0 Å². The second kappa shape index (κ2) is 5.02. The van der Waals surface area contributed by atoms with Crippen LogP contribution < -0.4 is 10.2 Å². The van der Waals surface area contributed by atoms with Gasteiger partial charge in [-0.1, -0.05) is 24.3 Å². The molecule has 1 aromatic heterocycles. The van der Waals surface area contributed by atoms with Gasteiger partial charge >= 0.3 is 0 Å². The molecule has 0 bridgehead atoms. The summed E-state index contributed by atoms with van der Waals surface area (Å²) in [6.07, 6.45) is 3.55. The Morgan fingerprint density at radius 1 is 1.14 bits per heavy atom. The van der Waals surface area contributed by atoms with Crippen LogP contribution in [-0.2, 0) is 13.0 Å². The third-order valence-corrected chi connectivity index (χ3v) is 4.38. The summed E-state index contributed by atoms with van der Waals surface area (Å²) >= 11 is 0. The summed E-state index contributed by atoms with van der Waals surface area (Å²) in [5, 5.41) is 3.17. The van der Waals surface area contributed by atoms with Crippen LogP contribution >= 0.6 is 0 Å². The first-order chi connectivity index (χ1) is 10.3. The Morgan fingerprint density at radius 2 is 1.95 bits per heavy atom. The topological polar surface area (TPSA) is 41.0 Å². The van der Waals surface area contributed by atoms with Gasteiger partial charge in [-0.2, -0.15) is 0 Å². The van der Waals surface area contributed by atoms with Crippen LogP contribution in [0.2, 0.25) is 0 Å². The summed E-state index contributed by atoms with van der Waals surface area (Å²) in [4.78, 5) is 11.8. The van der Waals surface area contributed by atoms with Crippen molar-refractivity contribution in [3.8, 4) is 0 Å². The Balaban J connectivity index is 1.66. The average Bonchev–Trinajstić information content (AvgIpc) is 3.39. The van der Waals surface area contributed by atoms with Crippen molar-refractivity contribution in [2.45, 2.75) is 31.7 Å². The number of aromatic nitrogens is 2. The van der Waals surface area contributed by atoms with Gasteiger partial charge in [0.2, 0.25) is 0 Å². The highest BCUT2D eigenvalue weighted by molar-refractivity contribution is 5.51. The van der Waals surface area contributed by atoms with Gasteiger partial charge < -0.3 is 10.2 Å². The van der Waals surface area contributed by atoms with Crippen molar-refractivity contribution in [3.63, 3.8) is 0 Å². The lowest BCUT2D eigenvalue weighted by Gasteiger charge is -2.30. The lowest BCUT2D eigenvalue weighted by molar-refractivity contribution is 0.714. The zero-order valence-electron chi connectivity index (χ0n) is 12.3. The van der Waals surface area contributed by atoms with Gasteiger partial charge in [-0.3, -0.25) is 0 Å². The lowest BCUT2D eigenvalue weighted by Crippen LogP contribution is -2.31. The normalized spacial score (nSPS) is 17.5. The Hall–Kier alpha value is -2.10. The van der Waals surface area contributed by atoms with Crippen LogP contribution in [0.1, 0.15) is 35.7 Å². The van der Waals surface area contributed by atoms with E-state index in [1.54, 1.807) is 0 Å². The van der Waals surface area contributed by atoms with E-state index in [1.807, 2.05) is 7.05 Å². The van der Waals surface area contributed by atoms with Crippen molar-refractivity contribution >= 4 is 11.6 Å². The largest absolute Gasteiger partial charge is 0.373 e. The fourth-order valence-corrected chi connectivity index (χ4v) is 2.96. The third kappa shape index (κ3) is 2.46. The van der Waals surface area contributed by atoms with Crippen LogP contribution in [0, 0.1) is 0 Å². The van der Waals surface area contributed by atoms with Crippen molar-refractivity contribution in [1.82, 2.24) is 9.97 Å². The number of fused-ring (bicyclic) bond motifs is 1. The van der Waals surface area contributed by atoms with E-state index in [-0.39, 0.29) is 0 Å². The van der Waals surface area contributed by atoms with E-state index < -0.39 is 0 Å². The number of rotatable bonds is 3. The van der Waals surface area contributed by atoms with E-state index >= 15 is 0 Å². The van der Waals surface area contributed by atoms with Crippen LogP contribution in [0.15, 0.2) is 30.3 Å². The molecular formula is C17H20N4. The van der Waals surface area contributed by atoms with Crippen LogP contribution in [0.4, 0.5) is 11.6 Å². The number of anilines is 2. The Bertz CT molecular complexity index is 664. The van der Waals surface area contributed by atoms with Crippen LogP contribution in [-0.4, -0.2) is 23.6 Å². The number of nitrogens with one attached hydrogen (secondary N) is 1. The molecule has 2 aliphatic rings. The molecule has 0 saturated heterocycles. The zero-order valence-corrected chi connectivity index (χ0v) is 12.3. The van der Waals surface area contributed by atoms with Crippen molar-refractivity contribution < 1.29 is 0 Å². The highest BCUT2D eigenvalue weighted by atomic mass is 15.2. The summed E-state index contributed by atoms with van der Waals surface area (Å²) in [5.41, 5.74) is 2.89. The van der Waals surface area contributed by atoms with Gasteiger partial charge in [-0.05, 0) is 30.4 Å². The maximum absolute atomic E-state index is 4.81. The second-order valence-electron chi connectivity index (χ2n) is 5.93. The maximum Gasteiger partial charge on any atom is 0.136 e. The summed E-state index contributed by atoms with van der Waals surface area (Å²) in [6.45, 7) is 1.97. The highest BCUT2D eigenvalue weighted by Gasteiger charge is 2.28. The van der Waals surface area contributed by atoms with Crippen molar-refractivity contribution in [1.29, 1.82) is 0 Å². The fraction of sp³-hybridized carbons (Fsp3) is 0.412. The van der Waals surface area contributed by atoms with Crippen LogP contribution in [0.3, 0.4) is 0 Å². The molecule has 1 aliphatic carbocycles. The molecule has 0 radical (unpaired) electrons. The minimum atomic E-state index is 0.578. The lowest BCUT2D eigenvalue weighted by atomic mass is 10.00. The molecule has 1 aliphatic heterocycles. The third-order valence-electron chi connectivity index (χ3n) is 4.38. The molecule has 2 aromatic rings. The zero-order chi connectivity index (χ0) is 14.2. The molecular weight excluding hydrogens is 260 g/mol. The SMILES string of the molecule is CNc1cc(N2CCc3ccccc3C2)nc(C2CC2)n1. The van der Waals surface area contributed by atoms with E-state index in [9.17, 15) is 0 Å². The van der Waals surface area contributed by atoms with Crippen molar-refractivity contribution in [2.75, 3.05) is 23.8 Å². The van der Waals surface area contributed by atoms with Gasteiger partial charge in [0, 0.05) is 32.1 Å². The summed E-state index contributed by atoms with van der Waals surface area (Å²) in [5.74, 6) is 3.58. The molecule has 2 heterocycles. The standard InChI is InChI=1S/C17H20N4/c1-18-15-10-16(20-17(19-15)13-6-7-13)21-9-8-12-4-2-3-5-14(12)11-21/h2-5,10,13H,6-9,11H2,1H3,(H,18,19,20). The van der Waals surface area contributed by atoms with Crippen LogP contribution in [0.25, 0.3) is 0 Å². The number of hydrogen-bond acceptors (Lipinski definition) is 4. The summed E-state index contributed by atoms with van der Waals surface area (Å²) in [6, 6.07) is 10.8. The number of nitrogens with zero attached hydrogens (tertiary/aromatic N) is 3. The molecule has 0 unspecified atom stereocenters. The maximum atomic E-state index is 4.81. The molecule has 4 rings (SSSR count). The minimum absolute atomic E-state index is 0.578. The molecule has 1 fully saturated rings. The quantitative estimate of drug-likeness (QED) is 0.938. The van der Waals surface area contributed by atoms with Gasteiger partial charge in [-0.15, -0.1) is 0 Å². The molecule has 1 aromatic carbocycles. The Kier molecular flexibility index (Phi) is 3.02. The first-order valence-electron chi connectivity index (χ1n) is 7.72.